The van der Waals surface area contributed by atoms with Gasteiger partial charge in [0.1, 0.15) is 11.6 Å². The van der Waals surface area contributed by atoms with Crippen LogP contribution in [0.2, 0.25) is 5.02 Å². The van der Waals surface area contributed by atoms with Gasteiger partial charge in [-0.05, 0) is 205 Å². The number of benzene rings is 6. The van der Waals surface area contributed by atoms with Gasteiger partial charge in [-0.25, -0.2) is 38.7 Å². The number of anilines is 18. The van der Waals surface area contributed by atoms with Crippen LogP contribution < -0.4 is 63.8 Å². The number of rotatable bonds is 36. The summed E-state index contributed by atoms with van der Waals surface area (Å²) >= 11 is 6.22. The van der Waals surface area contributed by atoms with Gasteiger partial charge in [0.25, 0.3) is 0 Å². The van der Waals surface area contributed by atoms with E-state index in [4.69, 9.17) is 42.2 Å². The van der Waals surface area contributed by atoms with Crippen LogP contribution in [-0.4, -0.2) is 227 Å². The molecule has 0 fully saturated rings. The van der Waals surface area contributed by atoms with Crippen molar-refractivity contribution in [3.05, 3.63) is 217 Å². The van der Waals surface area contributed by atoms with Crippen LogP contribution in [0.3, 0.4) is 0 Å². The molecule has 0 aliphatic rings. The molecule has 0 saturated heterocycles. The molecule has 0 aliphatic heterocycles. The van der Waals surface area contributed by atoms with Crippen molar-refractivity contribution in [1.29, 1.82) is 0 Å². The summed E-state index contributed by atoms with van der Waals surface area (Å²) in [6.45, 7) is 32.8. The first-order valence-electron chi connectivity index (χ1n) is 47.2. The maximum absolute atomic E-state index is 13.5. The number of aliphatic hydroxyl groups is 6. The number of nitrogens with one attached hydrogen (secondary N) is 12. The molecule has 45 heteroatoms. The van der Waals surface area contributed by atoms with Gasteiger partial charge in [0.15, 0.2) is 102 Å². The quantitative estimate of drug-likeness (QED) is 0.0173. The molecule has 0 saturated carbocycles. The number of nitrogens with zero attached hydrogens (tertiary/aromatic N) is 24. The van der Waals surface area contributed by atoms with Crippen LogP contribution in [0.1, 0.15) is 136 Å². The topological polar surface area (TPSA) is 527 Å². The fourth-order valence-electron chi connectivity index (χ4n) is 14.4. The minimum Gasteiger partial charge on any atom is -0.395 e. The number of fused-ring (bicyclic) bond motifs is 6. The molecule has 0 unspecified atom stereocenters. The van der Waals surface area contributed by atoms with Crippen molar-refractivity contribution < 1.29 is 39.4 Å². The molecule has 0 amide bonds. The molecule has 18 rings (SSSR count). The number of halogens is 3. The smallest absolute Gasteiger partial charge is 0.226 e. The van der Waals surface area contributed by atoms with Crippen LogP contribution in [0.25, 0.3) is 67.0 Å². The summed E-state index contributed by atoms with van der Waals surface area (Å²) in [6, 6.07) is 45.6. The fraction of sp³-hybridized carbons (Fsp3) is 0.333. The van der Waals surface area contributed by atoms with Crippen molar-refractivity contribution in [3.8, 4) is 0 Å². The monoisotopic (exact) mass is 1990 g/mol. The third-order valence-electron chi connectivity index (χ3n) is 21.5. The van der Waals surface area contributed by atoms with Gasteiger partial charge < -0.3 is 122 Å². The largest absolute Gasteiger partial charge is 0.395 e. The lowest BCUT2D eigenvalue weighted by atomic mass is 10.2. The summed E-state index contributed by atoms with van der Waals surface area (Å²) in [5.41, 5.74) is 16.1. The molecule has 0 radical (unpaired) electrons. The lowest BCUT2D eigenvalue weighted by Crippen LogP contribution is -2.11. The van der Waals surface area contributed by atoms with Gasteiger partial charge in [0.05, 0.1) is 88.3 Å². The Kier molecular flexibility index (Phi) is 37.0. The molecule has 0 aliphatic carbocycles. The average Bonchev–Trinajstić information content (AvgIpc) is 1.69. The number of aromatic nitrogens is 24. The van der Waals surface area contributed by atoms with Crippen molar-refractivity contribution in [2.24, 2.45) is 0 Å². The van der Waals surface area contributed by atoms with E-state index in [-0.39, 0.29) is 87.5 Å². The Morgan fingerprint density at radius 1 is 0.271 bits per heavy atom. The Hall–Kier alpha value is -15.9. The van der Waals surface area contributed by atoms with Gasteiger partial charge in [0, 0.05) is 104 Å². The summed E-state index contributed by atoms with van der Waals surface area (Å²) in [6.07, 6.45) is 10.5. The third-order valence-corrected chi connectivity index (χ3v) is 21.8. The number of para-hydroxylation sites is 2. The Labute approximate surface area is 835 Å². The highest BCUT2D eigenvalue weighted by Crippen LogP contribution is 2.36. The standard InChI is InChI=1S/C17H21FN6O.2C17H22N6O.C16H19ClN6O.C16H19FN6O.C16H20N6O/c1-10(2)24-9-20-14-15(21-12-4-5-13(18)11(3)8-12)22-17(19-6-7-25)23-16(14)24;2*1-11(2)23-10-19-14-15(20-13-6-4-5-12(3)9-13)21-17(18-7-8-24)22-16(14)23;1-10(2)23-9-19-13-14(20-12-6-4-3-5-11(12)17)21-16(18-7-8-24)22-15(13)23;1-10(2)23-9-19-13-14(20-12-5-3-4-11(17)8-12)21-16(18-6-7-24)22-15(13)23;1-11(2)22-10-18-13-14(19-12-6-4-3-5-7-12)20-16(17-8-9-23)21-15(13)22/h4-5,8-10,25H,6-7H2,1-3H3,(H2,19,21,22,23);2*4-6,9-11,24H,7-8H2,1-3H3,(H2,18,20,21,22);3-6,9-10,24H,7-8H2,1-2H3,(H2,18,20,21,22);3-5,8-10,24H,6-7H2,1-2H3,(H2,18,20,21,22);3-7,10-11,23H,8-9H2,1-2H3,(H2,17,19,20,21). The lowest BCUT2D eigenvalue weighted by molar-refractivity contribution is 0.310. The Morgan fingerprint density at radius 3 is 0.785 bits per heavy atom. The predicted octanol–water partition coefficient (Wildman–Crippen LogP) is 17.2. The highest BCUT2D eigenvalue weighted by molar-refractivity contribution is 6.33. The Balaban J connectivity index is 0.000000145. The molecule has 12 aromatic heterocycles. The highest BCUT2D eigenvalue weighted by atomic mass is 35.5. The minimum atomic E-state index is -0.336. The van der Waals surface area contributed by atoms with Crippen molar-refractivity contribution >= 4 is 183 Å². The van der Waals surface area contributed by atoms with Crippen LogP contribution in [0.15, 0.2) is 184 Å². The first kappa shape index (κ1) is 105. The molecule has 18 N–H and O–H groups in total. The third kappa shape index (κ3) is 27.5. The summed E-state index contributed by atoms with van der Waals surface area (Å²) < 4.78 is 38.7. The van der Waals surface area contributed by atoms with Crippen LogP contribution in [-0.2, 0) is 0 Å². The van der Waals surface area contributed by atoms with E-state index in [1.54, 1.807) is 75.2 Å². The zero-order valence-corrected chi connectivity index (χ0v) is 83.6. The number of aliphatic hydroxyl groups excluding tert-OH is 6. The molecule has 12 heterocycles. The summed E-state index contributed by atoms with van der Waals surface area (Å²) in [5, 5.41) is 92.1. The summed E-state index contributed by atoms with van der Waals surface area (Å²) in [7, 11) is 0. The van der Waals surface area contributed by atoms with Crippen molar-refractivity contribution in [3.63, 3.8) is 0 Å². The summed E-state index contributed by atoms with van der Waals surface area (Å²) in [5.74, 6) is 5.49. The number of imidazole rings is 6. The van der Waals surface area contributed by atoms with Crippen molar-refractivity contribution in [2.75, 3.05) is 143 Å². The van der Waals surface area contributed by atoms with E-state index < -0.39 is 0 Å². The predicted molar refractivity (Wildman–Crippen MR) is 565 cm³/mol. The Morgan fingerprint density at radius 2 is 0.521 bits per heavy atom. The van der Waals surface area contributed by atoms with Gasteiger partial charge in [-0.15, -0.1) is 0 Å². The van der Waals surface area contributed by atoms with Crippen LogP contribution in [0.4, 0.5) is 114 Å². The molecule has 6 aromatic carbocycles. The first-order chi connectivity index (χ1) is 69.5. The van der Waals surface area contributed by atoms with Crippen molar-refractivity contribution in [2.45, 2.75) is 140 Å². The molecule has 18 aromatic rings. The van der Waals surface area contributed by atoms with Gasteiger partial charge in [-0.3, -0.25) is 0 Å². The molecular formula is C99H123ClF2N36O6. The average molecular weight is 1990 g/mol. The van der Waals surface area contributed by atoms with E-state index in [0.717, 1.165) is 73.0 Å². The maximum Gasteiger partial charge on any atom is 0.226 e. The fourth-order valence-corrected chi connectivity index (χ4v) is 14.6. The normalized spacial score (nSPS) is 11.2. The maximum atomic E-state index is 13.5. The summed E-state index contributed by atoms with van der Waals surface area (Å²) in [4.78, 5) is 80.6. The van der Waals surface area contributed by atoms with Gasteiger partial charge in [-0.1, -0.05) is 72.3 Å². The van der Waals surface area contributed by atoms with E-state index in [1.807, 2.05) is 166 Å². The van der Waals surface area contributed by atoms with Gasteiger partial charge in [-0.2, -0.15) is 59.8 Å². The lowest BCUT2D eigenvalue weighted by Gasteiger charge is -2.12. The Bertz CT molecular complexity index is 6920. The minimum absolute atomic E-state index is 0.00187. The second-order valence-electron chi connectivity index (χ2n) is 34.6. The van der Waals surface area contributed by atoms with Crippen LogP contribution in [0, 0.1) is 32.4 Å². The molecule has 0 bridgehead atoms. The SMILES string of the molecule is CC(C)n1cnc2c(Nc3cccc(F)c3)nc(NCCO)nc21.CC(C)n1cnc2c(Nc3ccccc3)nc(NCCO)nc21.CC(C)n1cnc2c(Nc3ccccc3Cl)nc(NCCO)nc21.Cc1cc(Nc2nc(NCCO)nc3c2ncn3C(C)C)ccc1F.Cc1cccc(Nc2nc(NCCO)nc3c2ncn3C(C)C)c1.Cc1cccc(Nc2nc(NCCO)nc3c2ncn3C(C)C)c1. The number of hydrogen-bond donors (Lipinski definition) is 18. The van der Waals surface area contributed by atoms with Crippen LogP contribution >= 0.6 is 11.6 Å². The second-order valence-corrected chi connectivity index (χ2v) is 35.0. The van der Waals surface area contributed by atoms with Gasteiger partial charge in [0.2, 0.25) is 35.7 Å². The molecule has 756 valence electrons. The van der Waals surface area contributed by atoms with Gasteiger partial charge >= 0.3 is 0 Å². The molecule has 0 atom stereocenters. The molecule has 0 spiro atoms. The first-order valence-corrected chi connectivity index (χ1v) is 47.5. The second kappa shape index (κ2) is 50.5. The van der Waals surface area contributed by atoms with E-state index >= 15 is 0 Å². The van der Waals surface area contributed by atoms with Crippen molar-refractivity contribution in [1.82, 2.24) is 117 Å². The number of aryl methyl sites for hydroxylation is 3. The highest BCUT2D eigenvalue weighted by Gasteiger charge is 2.24. The zero-order chi connectivity index (χ0) is 103. The zero-order valence-electron chi connectivity index (χ0n) is 82.8. The van der Waals surface area contributed by atoms with E-state index in [0.29, 0.717) is 160 Å². The van der Waals surface area contributed by atoms with E-state index in [1.165, 1.54) is 18.2 Å². The van der Waals surface area contributed by atoms with Crippen LogP contribution in [0.5, 0.6) is 0 Å². The van der Waals surface area contributed by atoms with E-state index in [2.05, 4.69) is 209 Å². The molecular weight excluding hydrogens is 1860 g/mol. The van der Waals surface area contributed by atoms with E-state index in [9.17, 15) is 8.78 Å². The number of hydrogen-bond acceptors (Lipinski definition) is 36. The molecule has 144 heavy (non-hydrogen) atoms. The molecule has 42 nitrogen and oxygen atoms in total.